The Hall–Kier alpha value is -1.44. The van der Waals surface area contributed by atoms with E-state index in [2.05, 4.69) is 51.1 Å². The average molecular weight is 447 g/mol. The summed E-state index contributed by atoms with van der Waals surface area (Å²) in [5.74, 6) is 0.279. The third kappa shape index (κ3) is 6.05. The van der Waals surface area contributed by atoms with E-state index >= 15 is 0 Å². The number of amides is 1. The summed E-state index contributed by atoms with van der Waals surface area (Å²) in [5.41, 5.74) is 2.60. The van der Waals surface area contributed by atoms with E-state index in [0.717, 1.165) is 76.2 Å². The van der Waals surface area contributed by atoms with Gasteiger partial charge < -0.3 is 9.80 Å². The minimum Gasteiger partial charge on any atom is -0.339 e. The normalized spacial score (nSPS) is 19.3. The molecule has 2 saturated heterocycles. The zero-order chi connectivity index (χ0) is 20.8. The fourth-order valence-electron chi connectivity index (χ4n) is 4.22. The summed E-state index contributed by atoms with van der Waals surface area (Å²) < 4.78 is 0.886. The molecule has 1 amide bonds. The smallest absolute Gasteiger partial charge is 0.236 e. The van der Waals surface area contributed by atoms with Crippen LogP contribution in [0.25, 0.3) is 0 Å². The highest BCUT2D eigenvalue weighted by molar-refractivity contribution is 7.14. The van der Waals surface area contributed by atoms with Crippen molar-refractivity contribution in [1.29, 1.82) is 0 Å². The number of hydrogen-bond donors (Lipinski definition) is 0. The van der Waals surface area contributed by atoms with E-state index in [1.165, 1.54) is 11.1 Å². The zero-order valence-electron chi connectivity index (χ0n) is 17.5. The number of halogens is 1. The van der Waals surface area contributed by atoms with Gasteiger partial charge in [-0.1, -0.05) is 41.9 Å². The molecule has 0 unspecified atom stereocenters. The van der Waals surface area contributed by atoms with Crippen molar-refractivity contribution in [2.24, 2.45) is 0 Å². The lowest BCUT2D eigenvalue weighted by atomic mass is 10.1. The highest BCUT2D eigenvalue weighted by atomic mass is 35.5. The van der Waals surface area contributed by atoms with Gasteiger partial charge in [0.2, 0.25) is 5.91 Å². The average Bonchev–Trinajstić information content (AvgIpc) is 3.19. The second-order valence-electron chi connectivity index (χ2n) is 8.23. The molecule has 0 bridgehead atoms. The largest absolute Gasteiger partial charge is 0.339 e. The second-order valence-corrected chi connectivity index (χ2v) is 9.75. The van der Waals surface area contributed by atoms with E-state index in [9.17, 15) is 4.79 Å². The van der Waals surface area contributed by atoms with E-state index in [1.54, 1.807) is 11.3 Å². The molecule has 1 aromatic carbocycles. The maximum Gasteiger partial charge on any atom is 0.236 e. The Morgan fingerprint density at radius 1 is 0.867 bits per heavy atom. The molecule has 162 valence electrons. The predicted molar refractivity (Wildman–Crippen MR) is 124 cm³/mol. The SMILES string of the molecule is O=C(CN1CCN(CCc2ccccc2)CC1)N1CCN(Cc2ccsc2Cl)CC1. The van der Waals surface area contributed by atoms with Gasteiger partial charge in [-0.25, -0.2) is 0 Å². The number of benzene rings is 1. The Kier molecular flexibility index (Phi) is 7.79. The first-order chi connectivity index (χ1) is 14.7. The summed E-state index contributed by atoms with van der Waals surface area (Å²) in [5, 5.41) is 2.04. The second kappa shape index (κ2) is 10.7. The highest BCUT2D eigenvalue weighted by Crippen LogP contribution is 2.24. The first kappa shape index (κ1) is 21.8. The molecule has 0 atom stereocenters. The van der Waals surface area contributed by atoms with Crippen molar-refractivity contribution in [3.63, 3.8) is 0 Å². The summed E-state index contributed by atoms with van der Waals surface area (Å²) >= 11 is 7.81. The summed E-state index contributed by atoms with van der Waals surface area (Å²) in [6.45, 7) is 10.1. The maximum absolute atomic E-state index is 12.8. The van der Waals surface area contributed by atoms with Gasteiger partial charge in [-0.3, -0.25) is 14.6 Å². The van der Waals surface area contributed by atoms with Crippen molar-refractivity contribution in [3.05, 3.63) is 57.2 Å². The monoisotopic (exact) mass is 446 g/mol. The van der Waals surface area contributed by atoms with Crippen LogP contribution >= 0.6 is 22.9 Å². The summed E-state index contributed by atoms with van der Waals surface area (Å²) in [6, 6.07) is 12.8. The third-order valence-corrected chi connectivity index (χ3v) is 7.45. The molecular formula is C23H31ClN4OS. The van der Waals surface area contributed by atoms with Gasteiger partial charge in [-0.15, -0.1) is 11.3 Å². The van der Waals surface area contributed by atoms with Crippen LogP contribution in [-0.4, -0.2) is 91.0 Å². The summed E-state index contributed by atoms with van der Waals surface area (Å²) in [7, 11) is 0. The maximum atomic E-state index is 12.8. The molecule has 2 aliphatic heterocycles. The van der Waals surface area contributed by atoms with Crippen LogP contribution in [0.1, 0.15) is 11.1 Å². The van der Waals surface area contributed by atoms with Crippen LogP contribution in [0.4, 0.5) is 0 Å². The van der Waals surface area contributed by atoms with Gasteiger partial charge in [-0.05, 0) is 29.0 Å². The molecule has 2 fully saturated rings. The first-order valence-corrected chi connectivity index (χ1v) is 12.1. The summed E-state index contributed by atoms with van der Waals surface area (Å²) in [4.78, 5) is 22.0. The minimum atomic E-state index is 0.279. The standard InChI is InChI=1S/C23H31ClN4OS/c24-23-21(7-17-30-23)18-26-13-15-28(16-14-26)22(29)19-27-11-9-25(10-12-27)8-6-20-4-2-1-3-5-20/h1-5,7,17H,6,8-16,18-19H2. The Bertz CT molecular complexity index is 799. The van der Waals surface area contributed by atoms with Gasteiger partial charge in [0.05, 0.1) is 10.9 Å². The fraction of sp³-hybridized carbons (Fsp3) is 0.522. The van der Waals surface area contributed by atoms with Crippen LogP contribution in [0.3, 0.4) is 0 Å². The number of carbonyl (C=O) groups is 1. The van der Waals surface area contributed by atoms with Crippen molar-refractivity contribution >= 4 is 28.8 Å². The van der Waals surface area contributed by atoms with E-state index in [4.69, 9.17) is 11.6 Å². The van der Waals surface area contributed by atoms with Crippen molar-refractivity contribution in [3.8, 4) is 0 Å². The molecule has 0 saturated carbocycles. The van der Waals surface area contributed by atoms with Crippen molar-refractivity contribution in [2.75, 3.05) is 65.4 Å². The highest BCUT2D eigenvalue weighted by Gasteiger charge is 2.25. The number of nitrogens with zero attached hydrogens (tertiary/aromatic N) is 4. The van der Waals surface area contributed by atoms with Crippen molar-refractivity contribution < 1.29 is 4.79 Å². The van der Waals surface area contributed by atoms with E-state index < -0.39 is 0 Å². The molecule has 2 aromatic rings. The molecule has 30 heavy (non-hydrogen) atoms. The Morgan fingerprint density at radius 2 is 1.53 bits per heavy atom. The van der Waals surface area contributed by atoms with E-state index in [1.807, 2.05) is 10.3 Å². The lowest BCUT2D eigenvalue weighted by Gasteiger charge is -2.38. The van der Waals surface area contributed by atoms with Crippen LogP contribution in [0.5, 0.6) is 0 Å². The predicted octanol–water partition coefficient (Wildman–Crippen LogP) is 2.91. The topological polar surface area (TPSA) is 30.0 Å². The molecule has 2 aliphatic rings. The van der Waals surface area contributed by atoms with Gasteiger partial charge in [-0.2, -0.15) is 0 Å². The van der Waals surface area contributed by atoms with Gasteiger partial charge in [0.1, 0.15) is 0 Å². The van der Waals surface area contributed by atoms with Gasteiger partial charge in [0.15, 0.2) is 0 Å². The van der Waals surface area contributed by atoms with Gasteiger partial charge in [0.25, 0.3) is 0 Å². The zero-order valence-corrected chi connectivity index (χ0v) is 19.1. The van der Waals surface area contributed by atoms with Crippen molar-refractivity contribution in [1.82, 2.24) is 19.6 Å². The van der Waals surface area contributed by atoms with Crippen LogP contribution in [-0.2, 0) is 17.8 Å². The molecule has 0 N–H and O–H groups in total. The van der Waals surface area contributed by atoms with Crippen LogP contribution < -0.4 is 0 Å². The first-order valence-electron chi connectivity index (χ1n) is 10.9. The Morgan fingerprint density at radius 3 is 2.20 bits per heavy atom. The van der Waals surface area contributed by atoms with E-state index in [-0.39, 0.29) is 5.91 Å². The van der Waals surface area contributed by atoms with Crippen molar-refractivity contribution in [2.45, 2.75) is 13.0 Å². The lowest BCUT2D eigenvalue weighted by molar-refractivity contribution is -0.134. The Balaban J connectivity index is 1.14. The summed E-state index contributed by atoms with van der Waals surface area (Å²) in [6.07, 6.45) is 1.10. The van der Waals surface area contributed by atoms with Gasteiger partial charge in [0, 0.05) is 65.4 Å². The third-order valence-electron chi connectivity index (χ3n) is 6.20. The number of thiophene rings is 1. The molecular weight excluding hydrogens is 416 g/mol. The number of hydrogen-bond acceptors (Lipinski definition) is 5. The minimum absolute atomic E-state index is 0.279. The molecule has 0 spiro atoms. The fourth-order valence-corrected chi connectivity index (χ4v) is 5.14. The molecule has 5 nitrogen and oxygen atoms in total. The van der Waals surface area contributed by atoms with E-state index in [0.29, 0.717) is 6.54 Å². The van der Waals surface area contributed by atoms with Crippen LogP contribution in [0.2, 0.25) is 4.34 Å². The van der Waals surface area contributed by atoms with Gasteiger partial charge >= 0.3 is 0 Å². The molecule has 0 aliphatic carbocycles. The van der Waals surface area contributed by atoms with Crippen LogP contribution in [0, 0.1) is 0 Å². The molecule has 4 rings (SSSR count). The number of piperazine rings is 2. The number of carbonyl (C=O) groups excluding carboxylic acids is 1. The lowest BCUT2D eigenvalue weighted by Crippen LogP contribution is -2.53. The molecule has 0 radical (unpaired) electrons. The molecule has 1 aromatic heterocycles. The van der Waals surface area contributed by atoms with Crippen LogP contribution in [0.15, 0.2) is 41.8 Å². The molecule has 7 heteroatoms. The quantitative estimate of drug-likeness (QED) is 0.654. The Labute approximate surface area is 188 Å². The number of rotatable bonds is 7. The molecule has 3 heterocycles.